The molecule has 0 unspecified atom stereocenters. The molecule has 0 fully saturated rings. The molecule has 0 aliphatic carbocycles. The lowest BCUT2D eigenvalue weighted by Crippen LogP contribution is -2.16. The molecule has 0 aliphatic rings. The van der Waals surface area contributed by atoms with Gasteiger partial charge in [0, 0.05) is 41.4 Å². The van der Waals surface area contributed by atoms with E-state index in [-0.39, 0.29) is 11.8 Å². The van der Waals surface area contributed by atoms with E-state index in [9.17, 15) is 9.59 Å². The maximum absolute atomic E-state index is 12.0. The molecule has 3 N–H and O–H groups in total. The fourth-order valence-corrected chi connectivity index (χ4v) is 2.50. The lowest BCUT2D eigenvalue weighted by Gasteiger charge is -2.10. The lowest BCUT2D eigenvalue weighted by molar-refractivity contribution is -0.116. The van der Waals surface area contributed by atoms with Crippen molar-refractivity contribution in [1.29, 1.82) is 0 Å². The predicted octanol–water partition coefficient (Wildman–Crippen LogP) is 4.16. The van der Waals surface area contributed by atoms with Crippen molar-refractivity contribution in [2.24, 2.45) is 0 Å². The molecule has 0 atom stereocenters. The third kappa shape index (κ3) is 5.70. The minimum atomic E-state index is -0.146. The summed E-state index contributed by atoms with van der Waals surface area (Å²) < 4.78 is 1.03. The molecule has 0 radical (unpaired) electrons. The molecule has 6 heteroatoms. The molecule has 0 aromatic heterocycles. The molecule has 5 nitrogen and oxygen atoms in total. The number of carbonyl (C=O) groups is 2. The van der Waals surface area contributed by atoms with Crippen LogP contribution in [0.2, 0.25) is 0 Å². The van der Waals surface area contributed by atoms with Gasteiger partial charge in [-0.2, -0.15) is 0 Å². The number of anilines is 3. The maximum Gasteiger partial charge on any atom is 0.226 e. The van der Waals surface area contributed by atoms with E-state index in [4.69, 9.17) is 0 Å². The molecule has 2 rings (SSSR count). The van der Waals surface area contributed by atoms with Crippen molar-refractivity contribution in [2.45, 2.75) is 20.3 Å². The van der Waals surface area contributed by atoms with Gasteiger partial charge < -0.3 is 16.0 Å². The Morgan fingerprint density at radius 1 is 1.00 bits per heavy atom. The summed E-state index contributed by atoms with van der Waals surface area (Å²) in [5, 5.41) is 8.73. The fourth-order valence-electron chi connectivity index (χ4n) is 2.12. The van der Waals surface area contributed by atoms with Crippen molar-refractivity contribution in [3.63, 3.8) is 0 Å². The van der Waals surface area contributed by atoms with Crippen LogP contribution in [0.3, 0.4) is 0 Å². The highest BCUT2D eigenvalue weighted by atomic mass is 79.9. The minimum absolute atomic E-state index is 0.0892. The Bertz CT molecular complexity index is 747. The van der Waals surface area contributed by atoms with E-state index < -0.39 is 0 Å². The van der Waals surface area contributed by atoms with Gasteiger partial charge in [-0.15, -0.1) is 0 Å². The van der Waals surface area contributed by atoms with Crippen molar-refractivity contribution in [3.05, 3.63) is 52.5 Å². The molecule has 24 heavy (non-hydrogen) atoms. The Morgan fingerprint density at radius 3 is 2.38 bits per heavy atom. The van der Waals surface area contributed by atoms with Gasteiger partial charge in [-0.3, -0.25) is 9.59 Å². The van der Waals surface area contributed by atoms with Crippen LogP contribution in [0.5, 0.6) is 0 Å². The lowest BCUT2D eigenvalue weighted by atomic mass is 10.2. The van der Waals surface area contributed by atoms with Crippen LogP contribution in [0.4, 0.5) is 17.1 Å². The zero-order valence-corrected chi connectivity index (χ0v) is 15.2. The number of halogens is 1. The molecule has 2 amide bonds. The zero-order chi connectivity index (χ0) is 17.5. The molecular formula is C18H20BrN3O2. The summed E-state index contributed by atoms with van der Waals surface area (Å²) in [6.07, 6.45) is 0.343. The van der Waals surface area contributed by atoms with E-state index in [1.807, 2.05) is 25.1 Å². The Hall–Kier alpha value is -2.34. The number of benzene rings is 2. The molecule has 126 valence electrons. The average molecular weight is 390 g/mol. The van der Waals surface area contributed by atoms with Crippen LogP contribution >= 0.6 is 15.9 Å². The first kappa shape index (κ1) is 18.0. The van der Waals surface area contributed by atoms with E-state index >= 15 is 0 Å². The SMILES string of the molecule is CC(=O)Nc1cccc(NC(=O)CCNc2ccc(C)c(Br)c2)c1. The minimum Gasteiger partial charge on any atom is -0.384 e. The first-order chi connectivity index (χ1) is 11.4. The molecule has 2 aromatic carbocycles. The summed E-state index contributed by atoms with van der Waals surface area (Å²) in [6, 6.07) is 13.0. The van der Waals surface area contributed by atoms with E-state index in [1.54, 1.807) is 24.3 Å². The molecule has 0 saturated heterocycles. The molecule has 0 bridgehead atoms. The van der Waals surface area contributed by atoms with Crippen molar-refractivity contribution < 1.29 is 9.59 Å². The smallest absolute Gasteiger partial charge is 0.226 e. The Kier molecular flexibility index (Phi) is 6.37. The van der Waals surface area contributed by atoms with Crippen LogP contribution in [0.25, 0.3) is 0 Å². The van der Waals surface area contributed by atoms with Gasteiger partial charge in [-0.05, 0) is 42.8 Å². The topological polar surface area (TPSA) is 70.2 Å². The summed E-state index contributed by atoms with van der Waals surface area (Å²) in [5.41, 5.74) is 3.44. The van der Waals surface area contributed by atoms with Gasteiger partial charge in [0.25, 0.3) is 0 Å². The van der Waals surface area contributed by atoms with Crippen molar-refractivity contribution in [3.8, 4) is 0 Å². The molecule has 0 spiro atoms. The molecular weight excluding hydrogens is 370 g/mol. The van der Waals surface area contributed by atoms with Crippen LogP contribution in [-0.2, 0) is 9.59 Å². The summed E-state index contributed by atoms with van der Waals surface area (Å²) in [4.78, 5) is 23.1. The van der Waals surface area contributed by atoms with Crippen molar-refractivity contribution in [1.82, 2.24) is 0 Å². The first-order valence-corrected chi connectivity index (χ1v) is 8.41. The number of carbonyl (C=O) groups excluding carboxylic acids is 2. The summed E-state index contributed by atoms with van der Waals surface area (Å²) >= 11 is 3.49. The average Bonchev–Trinajstić information content (AvgIpc) is 2.50. The summed E-state index contributed by atoms with van der Waals surface area (Å²) in [5.74, 6) is -0.236. The van der Waals surface area contributed by atoms with E-state index in [0.29, 0.717) is 24.3 Å². The number of aryl methyl sites for hydroxylation is 1. The number of rotatable bonds is 6. The highest BCUT2D eigenvalue weighted by Crippen LogP contribution is 2.20. The van der Waals surface area contributed by atoms with Gasteiger partial charge in [0.2, 0.25) is 11.8 Å². The second kappa shape index (κ2) is 8.49. The van der Waals surface area contributed by atoms with Crippen LogP contribution in [-0.4, -0.2) is 18.4 Å². The van der Waals surface area contributed by atoms with Crippen LogP contribution in [0, 0.1) is 6.92 Å². The van der Waals surface area contributed by atoms with Crippen LogP contribution in [0.1, 0.15) is 18.9 Å². The number of hydrogen-bond acceptors (Lipinski definition) is 3. The number of nitrogens with one attached hydrogen (secondary N) is 3. The molecule has 0 saturated carbocycles. The number of amides is 2. The fraction of sp³-hybridized carbons (Fsp3) is 0.222. The van der Waals surface area contributed by atoms with Gasteiger partial charge in [-0.25, -0.2) is 0 Å². The quantitative estimate of drug-likeness (QED) is 0.694. The normalized spacial score (nSPS) is 10.1. The van der Waals surface area contributed by atoms with Gasteiger partial charge >= 0.3 is 0 Å². The van der Waals surface area contributed by atoms with Crippen molar-refractivity contribution in [2.75, 3.05) is 22.5 Å². The second-order valence-corrected chi connectivity index (χ2v) is 6.31. The largest absolute Gasteiger partial charge is 0.384 e. The Balaban J connectivity index is 1.82. The van der Waals surface area contributed by atoms with E-state index in [1.165, 1.54) is 6.92 Å². The van der Waals surface area contributed by atoms with Crippen LogP contribution < -0.4 is 16.0 Å². The first-order valence-electron chi connectivity index (χ1n) is 7.61. The highest BCUT2D eigenvalue weighted by Gasteiger charge is 2.04. The van der Waals surface area contributed by atoms with Crippen LogP contribution in [0.15, 0.2) is 46.9 Å². The molecule has 2 aromatic rings. The summed E-state index contributed by atoms with van der Waals surface area (Å²) in [6.45, 7) is 4.00. The highest BCUT2D eigenvalue weighted by molar-refractivity contribution is 9.10. The monoisotopic (exact) mass is 389 g/mol. The molecule has 0 aliphatic heterocycles. The van der Waals surface area contributed by atoms with Gasteiger partial charge in [0.15, 0.2) is 0 Å². The molecule has 0 heterocycles. The standard InChI is InChI=1S/C18H20BrN3O2/c1-12-6-7-14(11-17(12)19)20-9-8-18(24)22-16-5-3-4-15(10-16)21-13(2)23/h3-7,10-11,20H,8-9H2,1-2H3,(H,21,23)(H,22,24). The Labute approximate surface area is 150 Å². The number of hydrogen-bond donors (Lipinski definition) is 3. The van der Waals surface area contributed by atoms with Gasteiger partial charge in [0.05, 0.1) is 0 Å². The third-order valence-electron chi connectivity index (χ3n) is 3.32. The van der Waals surface area contributed by atoms with E-state index in [2.05, 4.69) is 31.9 Å². The van der Waals surface area contributed by atoms with E-state index in [0.717, 1.165) is 15.7 Å². The second-order valence-electron chi connectivity index (χ2n) is 5.45. The maximum atomic E-state index is 12.0. The Morgan fingerprint density at radius 2 is 1.71 bits per heavy atom. The zero-order valence-electron chi connectivity index (χ0n) is 13.7. The predicted molar refractivity (Wildman–Crippen MR) is 101 cm³/mol. The third-order valence-corrected chi connectivity index (χ3v) is 4.17. The van der Waals surface area contributed by atoms with Gasteiger partial charge in [0.1, 0.15) is 0 Å². The van der Waals surface area contributed by atoms with Crippen molar-refractivity contribution >= 4 is 44.8 Å². The summed E-state index contributed by atoms with van der Waals surface area (Å²) in [7, 11) is 0. The van der Waals surface area contributed by atoms with Gasteiger partial charge in [-0.1, -0.05) is 28.1 Å².